The number of aliphatic carboxylic acids is 2. The van der Waals surface area contributed by atoms with Crippen LogP contribution in [0.15, 0.2) is 29.2 Å². The lowest BCUT2D eigenvalue weighted by atomic mass is 10.1. The molecule has 0 radical (unpaired) electrons. The van der Waals surface area contributed by atoms with E-state index in [4.69, 9.17) is 24.5 Å². The van der Waals surface area contributed by atoms with E-state index in [1.807, 2.05) is 0 Å². The van der Waals surface area contributed by atoms with E-state index in [2.05, 4.69) is 18.7 Å². The molecule has 158 valence electrons. The zero-order valence-corrected chi connectivity index (χ0v) is 17.2. The molecule has 28 heavy (non-hydrogen) atoms. The van der Waals surface area contributed by atoms with Gasteiger partial charge in [-0.2, -0.15) is 4.31 Å². The largest absolute Gasteiger partial charge is 0.497 e. The van der Waals surface area contributed by atoms with Crippen LogP contribution in [0.1, 0.15) is 26.7 Å². The molecule has 9 nitrogen and oxygen atoms in total. The average Bonchev–Trinajstić information content (AvgIpc) is 2.70. The Kier molecular flexibility index (Phi) is 9.36. The van der Waals surface area contributed by atoms with Crippen LogP contribution < -0.4 is 4.74 Å². The molecule has 10 heteroatoms. The minimum Gasteiger partial charge on any atom is -0.497 e. The number of carbonyl (C=O) groups is 2. The molecule has 0 amide bonds. The Bertz CT molecular complexity index is 726. The lowest BCUT2D eigenvalue weighted by Gasteiger charge is -2.38. The first-order valence-electron chi connectivity index (χ1n) is 9.01. The van der Waals surface area contributed by atoms with Crippen molar-refractivity contribution >= 4 is 22.0 Å². The van der Waals surface area contributed by atoms with E-state index in [-0.39, 0.29) is 0 Å². The van der Waals surface area contributed by atoms with E-state index in [0.29, 0.717) is 29.8 Å². The first-order valence-corrected chi connectivity index (χ1v) is 10.5. The van der Waals surface area contributed by atoms with Gasteiger partial charge in [-0.3, -0.25) is 4.90 Å². The maximum atomic E-state index is 12.7. The number of rotatable bonds is 6. The van der Waals surface area contributed by atoms with E-state index >= 15 is 0 Å². The molecule has 1 aliphatic heterocycles. The SMILES string of the molecule is CCC(CC)N1CCN(S(=O)(=O)c2ccc(OC)cc2)CC1.O=C(O)C(=O)O. The number of nitrogens with zero attached hydrogens (tertiary/aromatic N) is 2. The first-order chi connectivity index (χ1) is 13.2. The molecule has 1 heterocycles. The smallest absolute Gasteiger partial charge is 0.414 e. The first kappa shape index (κ1) is 23.9. The number of piperazine rings is 1. The van der Waals surface area contributed by atoms with Gasteiger partial charge in [0.1, 0.15) is 5.75 Å². The van der Waals surface area contributed by atoms with Gasteiger partial charge in [0.25, 0.3) is 0 Å². The number of benzene rings is 1. The molecule has 0 bridgehead atoms. The minimum atomic E-state index is -3.40. The molecule has 0 aliphatic carbocycles. The number of carboxylic acids is 2. The lowest BCUT2D eigenvalue weighted by Crippen LogP contribution is -2.51. The number of ether oxygens (including phenoxy) is 1. The second-order valence-electron chi connectivity index (χ2n) is 6.20. The highest BCUT2D eigenvalue weighted by molar-refractivity contribution is 7.89. The molecule has 1 saturated heterocycles. The summed E-state index contributed by atoms with van der Waals surface area (Å²) in [7, 11) is -1.83. The van der Waals surface area contributed by atoms with Gasteiger partial charge in [0, 0.05) is 32.2 Å². The molecule has 2 N–H and O–H groups in total. The Hall–Kier alpha value is -2.17. The van der Waals surface area contributed by atoms with Crippen LogP contribution in [0.5, 0.6) is 5.75 Å². The zero-order chi connectivity index (χ0) is 21.3. The van der Waals surface area contributed by atoms with Crippen molar-refractivity contribution in [2.24, 2.45) is 0 Å². The highest BCUT2D eigenvalue weighted by Crippen LogP contribution is 2.21. The monoisotopic (exact) mass is 416 g/mol. The van der Waals surface area contributed by atoms with Crippen LogP contribution in [0.3, 0.4) is 0 Å². The van der Waals surface area contributed by atoms with Crippen LogP contribution in [0.4, 0.5) is 0 Å². The molecule has 1 aromatic carbocycles. The second-order valence-corrected chi connectivity index (χ2v) is 8.13. The van der Waals surface area contributed by atoms with Crippen molar-refractivity contribution in [1.29, 1.82) is 0 Å². The molecular weight excluding hydrogens is 388 g/mol. The summed E-state index contributed by atoms with van der Waals surface area (Å²) in [4.78, 5) is 20.9. The molecule has 0 spiro atoms. The summed E-state index contributed by atoms with van der Waals surface area (Å²) in [6.45, 7) is 7.11. The van der Waals surface area contributed by atoms with Crippen LogP contribution in [-0.4, -0.2) is 79.1 Å². The molecule has 0 unspecified atom stereocenters. The highest BCUT2D eigenvalue weighted by atomic mass is 32.2. The number of carboxylic acid groups (broad SMARTS) is 2. The predicted molar refractivity (Wildman–Crippen MR) is 103 cm³/mol. The fourth-order valence-corrected chi connectivity index (χ4v) is 4.43. The van der Waals surface area contributed by atoms with Crippen molar-refractivity contribution in [3.63, 3.8) is 0 Å². The van der Waals surface area contributed by atoms with E-state index < -0.39 is 22.0 Å². The molecule has 2 rings (SSSR count). The minimum absolute atomic E-state index is 0.337. The van der Waals surface area contributed by atoms with Gasteiger partial charge in [-0.05, 0) is 37.1 Å². The molecule has 0 saturated carbocycles. The van der Waals surface area contributed by atoms with Gasteiger partial charge in [-0.25, -0.2) is 18.0 Å². The standard InChI is InChI=1S/C16H26N2O3S.C2H2O4/c1-4-14(5-2)17-10-12-18(13-11-17)22(19,20)16-8-6-15(21-3)7-9-16;3-1(4)2(5)6/h6-9,14H,4-5,10-13H2,1-3H3;(H,3,4)(H,5,6). The van der Waals surface area contributed by atoms with Gasteiger partial charge < -0.3 is 14.9 Å². The van der Waals surface area contributed by atoms with E-state index in [0.717, 1.165) is 25.9 Å². The van der Waals surface area contributed by atoms with Crippen molar-refractivity contribution in [2.75, 3.05) is 33.3 Å². The van der Waals surface area contributed by atoms with Crippen molar-refractivity contribution in [2.45, 2.75) is 37.6 Å². The highest BCUT2D eigenvalue weighted by Gasteiger charge is 2.30. The second kappa shape index (κ2) is 11.0. The Labute approximate surface area is 165 Å². The van der Waals surface area contributed by atoms with E-state index in [1.165, 1.54) is 0 Å². The Morgan fingerprint density at radius 2 is 1.46 bits per heavy atom. The third-order valence-electron chi connectivity index (χ3n) is 4.61. The summed E-state index contributed by atoms with van der Waals surface area (Å²) in [6, 6.07) is 7.16. The van der Waals surface area contributed by atoms with Crippen LogP contribution >= 0.6 is 0 Å². The van der Waals surface area contributed by atoms with Crippen LogP contribution in [0.2, 0.25) is 0 Å². The quantitative estimate of drug-likeness (QED) is 0.666. The van der Waals surface area contributed by atoms with Gasteiger partial charge in [0.15, 0.2) is 0 Å². The van der Waals surface area contributed by atoms with Gasteiger partial charge in [-0.1, -0.05) is 13.8 Å². The summed E-state index contributed by atoms with van der Waals surface area (Å²) >= 11 is 0. The fraction of sp³-hybridized carbons (Fsp3) is 0.556. The fourth-order valence-electron chi connectivity index (χ4n) is 3.01. The van der Waals surface area contributed by atoms with Crippen molar-refractivity contribution in [3.05, 3.63) is 24.3 Å². The zero-order valence-electron chi connectivity index (χ0n) is 16.4. The number of hydrogen-bond acceptors (Lipinski definition) is 6. The van der Waals surface area contributed by atoms with Crippen molar-refractivity contribution < 1.29 is 33.0 Å². The van der Waals surface area contributed by atoms with Crippen LogP contribution in [-0.2, 0) is 19.6 Å². The van der Waals surface area contributed by atoms with Gasteiger partial charge in [0.2, 0.25) is 10.0 Å². The van der Waals surface area contributed by atoms with E-state index in [9.17, 15) is 8.42 Å². The summed E-state index contributed by atoms with van der Waals surface area (Å²) in [5.74, 6) is -2.98. The van der Waals surface area contributed by atoms with Gasteiger partial charge in [0.05, 0.1) is 12.0 Å². The normalized spacial score (nSPS) is 15.6. The van der Waals surface area contributed by atoms with Crippen LogP contribution in [0, 0.1) is 0 Å². The number of sulfonamides is 1. The molecule has 0 atom stereocenters. The number of methoxy groups -OCH3 is 1. The van der Waals surface area contributed by atoms with Crippen molar-refractivity contribution in [3.8, 4) is 5.75 Å². The third kappa shape index (κ3) is 6.47. The predicted octanol–water partition coefficient (Wildman–Crippen LogP) is 1.35. The molecular formula is C18H28N2O7S. The maximum absolute atomic E-state index is 12.7. The Balaban J connectivity index is 0.000000568. The maximum Gasteiger partial charge on any atom is 0.414 e. The third-order valence-corrected chi connectivity index (χ3v) is 6.53. The molecule has 1 aromatic rings. The van der Waals surface area contributed by atoms with E-state index in [1.54, 1.807) is 35.7 Å². The van der Waals surface area contributed by atoms with Gasteiger partial charge in [-0.15, -0.1) is 0 Å². The average molecular weight is 416 g/mol. The summed E-state index contributed by atoms with van der Waals surface area (Å²) < 4.78 is 32.0. The van der Waals surface area contributed by atoms with Crippen LogP contribution in [0.25, 0.3) is 0 Å². The summed E-state index contributed by atoms with van der Waals surface area (Å²) in [6.07, 6.45) is 2.23. The topological polar surface area (TPSA) is 124 Å². The molecule has 1 fully saturated rings. The van der Waals surface area contributed by atoms with Gasteiger partial charge >= 0.3 is 11.9 Å². The molecule has 1 aliphatic rings. The summed E-state index contributed by atoms with van der Waals surface area (Å²) in [5.41, 5.74) is 0. The summed E-state index contributed by atoms with van der Waals surface area (Å²) in [5, 5.41) is 14.8. The molecule has 0 aromatic heterocycles. The Morgan fingerprint density at radius 1 is 1.00 bits per heavy atom. The van der Waals surface area contributed by atoms with Crippen molar-refractivity contribution in [1.82, 2.24) is 9.21 Å². The lowest BCUT2D eigenvalue weighted by molar-refractivity contribution is -0.159. The number of hydrogen-bond donors (Lipinski definition) is 2. The Morgan fingerprint density at radius 3 is 1.82 bits per heavy atom.